The normalized spacial score (nSPS) is 9.88. The van der Waals surface area contributed by atoms with Crippen molar-refractivity contribution in [2.75, 3.05) is 26.5 Å². The first kappa shape index (κ1) is 18.4. The number of hydrogen-bond acceptors (Lipinski definition) is 4. The molecule has 0 fully saturated rings. The Labute approximate surface area is 151 Å². The van der Waals surface area contributed by atoms with Crippen molar-refractivity contribution in [3.05, 3.63) is 59.7 Å². The Hall–Kier alpha value is -2.93. The topological polar surface area (TPSA) is 70.7 Å². The van der Waals surface area contributed by atoms with Crippen LogP contribution in [-0.4, -0.2) is 43.0 Å². The first-order valence-corrected chi connectivity index (χ1v) is 7.90. The Bertz CT molecular complexity index is 788. The Kier molecular flexibility index (Phi) is 6.08. The molecule has 0 unspecified atom stereocenters. The summed E-state index contributed by atoms with van der Waals surface area (Å²) >= 11 is 5.18. The number of carbonyl (C=O) groups is 2. The minimum Gasteiger partial charge on any atom is -0.497 e. The number of ether oxygens (including phenoxy) is 1. The van der Waals surface area contributed by atoms with Gasteiger partial charge in [0.2, 0.25) is 0 Å². The molecule has 2 amide bonds. The van der Waals surface area contributed by atoms with Crippen molar-refractivity contribution in [1.29, 1.82) is 0 Å². The van der Waals surface area contributed by atoms with Gasteiger partial charge in [0.05, 0.1) is 18.4 Å². The molecule has 25 heavy (non-hydrogen) atoms. The Balaban J connectivity index is 2.07. The minimum atomic E-state index is -0.350. The third-order valence-electron chi connectivity index (χ3n) is 3.39. The molecule has 0 atom stereocenters. The highest BCUT2D eigenvalue weighted by Gasteiger charge is 2.14. The predicted molar refractivity (Wildman–Crippen MR) is 101 cm³/mol. The molecule has 6 nitrogen and oxygen atoms in total. The summed E-state index contributed by atoms with van der Waals surface area (Å²) in [6.07, 6.45) is 0. The number of carbonyl (C=O) groups excluding carboxylic acids is 2. The lowest BCUT2D eigenvalue weighted by atomic mass is 10.1. The highest BCUT2D eigenvalue weighted by molar-refractivity contribution is 7.80. The molecule has 0 aliphatic carbocycles. The third-order valence-corrected chi connectivity index (χ3v) is 3.60. The molecule has 0 heterocycles. The number of rotatable bonds is 4. The van der Waals surface area contributed by atoms with E-state index in [9.17, 15) is 9.59 Å². The molecule has 2 aromatic rings. The van der Waals surface area contributed by atoms with E-state index in [0.29, 0.717) is 22.6 Å². The molecule has 0 bridgehead atoms. The molecular formula is C18H19N3O3S. The van der Waals surface area contributed by atoms with E-state index in [-0.39, 0.29) is 16.9 Å². The van der Waals surface area contributed by atoms with Crippen molar-refractivity contribution in [1.82, 2.24) is 10.2 Å². The summed E-state index contributed by atoms with van der Waals surface area (Å²) in [6, 6.07) is 13.6. The lowest BCUT2D eigenvalue weighted by molar-refractivity contribution is 0.0828. The minimum absolute atomic E-state index is 0.111. The van der Waals surface area contributed by atoms with E-state index in [1.165, 1.54) is 4.90 Å². The van der Waals surface area contributed by atoms with Crippen LogP contribution in [0.1, 0.15) is 20.7 Å². The fraction of sp³-hybridized carbons (Fsp3) is 0.167. The molecule has 0 aliphatic heterocycles. The van der Waals surface area contributed by atoms with Gasteiger partial charge in [0.25, 0.3) is 11.8 Å². The smallest absolute Gasteiger partial charge is 0.257 e. The van der Waals surface area contributed by atoms with Crippen LogP contribution in [0, 0.1) is 0 Å². The maximum atomic E-state index is 12.2. The van der Waals surface area contributed by atoms with Crippen LogP contribution < -0.4 is 15.4 Å². The van der Waals surface area contributed by atoms with Gasteiger partial charge in [-0.05, 0) is 48.6 Å². The molecule has 0 saturated heterocycles. The molecule has 2 aromatic carbocycles. The van der Waals surface area contributed by atoms with E-state index in [2.05, 4.69) is 10.6 Å². The first-order chi connectivity index (χ1) is 11.9. The molecule has 2 N–H and O–H groups in total. The molecule has 2 rings (SSSR count). The van der Waals surface area contributed by atoms with E-state index in [4.69, 9.17) is 17.0 Å². The average Bonchev–Trinajstić information content (AvgIpc) is 2.61. The summed E-state index contributed by atoms with van der Waals surface area (Å²) in [5.74, 6) is 0.150. The molecule has 7 heteroatoms. The fourth-order valence-electron chi connectivity index (χ4n) is 2.09. The molecule has 0 radical (unpaired) electrons. The van der Waals surface area contributed by atoms with Crippen LogP contribution in [0.15, 0.2) is 48.5 Å². The molecular weight excluding hydrogens is 338 g/mol. The number of nitrogens with one attached hydrogen (secondary N) is 2. The van der Waals surface area contributed by atoms with E-state index in [0.717, 1.165) is 0 Å². The molecule has 0 aromatic heterocycles. The van der Waals surface area contributed by atoms with Crippen molar-refractivity contribution < 1.29 is 14.3 Å². The zero-order chi connectivity index (χ0) is 18.4. The van der Waals surface area contributed by atoms with Gasteiger partial charge in [-0.2, -0.15) is 0 Å². The summed E-state index contributed by atoms with van der Waals surface area (Å²) in [4.78, 5) is 25.9. The van der Waals surface area contributed by atoms with Gasteiger partial charge in [0, 0.05) is 19.7 Å². The summed E-state index contributed by atoms with van der Waals surface area (Å²) in [7, 11) is 4.90. The lowest BCUT2D eigenvalue weighted by Gasteiger charge is -2.16. The predicted octanol–water partition coefficient (Wildman–Crippen LogP) is 2.52. The van der Waals surface area contributed by atoms with Gasteiger partial charge in [-0.3, -0.25) is 14.9 Å². The van der Waals surface area contributed by atoms with E-state index in [1.807, 2.05) is 0 Å². The van der Waals surface area contributed by atoms with Crippen LogP contribution >= 0.6 is 12.2 Å². The van der Waals surface area contributed by atoms with Crippen molar-refractivity contribution in [2.24, 2.45) is 0 Å². The molecule has 0 spiro atoms. The van der Waals surface area contributed by atoms with Crippen LogP contribution in [0.2, 0.25) is 0 Å². The number of benzene rings is 2. The van der Waals surface area contributed by atoms with Crippen LogP contribution in [0.5, 0.6) is 5.75 Å². The molecule has 0 saturated carbocycles. The number of anilines is 1. The Morgan fingerprint density at radius 3 is 2.28 bits per heavy atom. The quantitative estimate of drug-likeness (QED) is 0.823. The molecule has 130 valence electrons. The average molecular weight is 357 g/mol. The standard InChI is InChI=1S/C18H19N3O3S/c1-21(2)17(23)14-6-4-5-7-15(14)19-18(25)20-16(22)12-8-10-13(24-3)11-9-12/h4-11H,1-3H3,(H2,19,20,22,25). The highest BCUT2D eigenvalue weighted by Crippen LogP contribution is 2.16. The highest BCUT2D eigenvalue weighted by atomic mass is 32.1. The van der Waals surface area contributed by atoms with Gasteiger partial charge >= 0.3 is 0 Å². The number of amides is 2. The number of thiocarbonyl (C=S) groups is 1. The largest absolute Gasteiger partial charge is 0.497 e. The number of para-hydroxylation sites is 1. The lowest BCUT2D eigenvalue weighted by Crippen LogP contribution is -2.35. The summed E-state index contributed by atoms with van der Waals surface area (Å²) in [5.41, 5.74) is 1.44. The van der Waals surface area contributed by atoms with E-state index >= 15 is 0 Å². The van der Waals surface area contributed by atoms with Crippen LogP contribution in [0.4, 0.5) is 5.69 Å². The SMILES string of the molecule is COc1ccc(C(=O)NC(=S)Nc2ccccc2C(=O)N(C)C)cc1. The van der Waals surface area contributed by atoms with Gasteiger partial charge in [0.1, 0.15) is 5.75 Å². The summed E-state index contributed by atoms with van der Waals surface area (Å²) in [5, 5.41) is 5.60. The summed E-state index contributed by atoms with van der Waals surface area (Å²) < 4.78 is 5.06. The molecule has 0 aliphatic rings. The van der Waals surface area contributed by atoms with Crippen LogP contribution in [0.3, 0.4) is 0 Å². The maximum absolute atomic E-state index is 12.2. The second-order valence-corrected chi connectivity index (χ2v) is 5.79. The van der Waals surface area contributed by atoms with Crippen LogP contribution in [-0.2, 0) is 0 Å². The summed E-state index contributed by atoms with van der Waals surface area (Å²) in [6.45, 7) is 0. The first-order valence-electron chi connectivity index (χ1n) is 7.49. The number of hydrogen-bond donors (Lipinski definition) is 2. The van der Waals surface area contributed by atoms with Gasteiger partial charge in [-0.25, -0.2) is 0 Å². The van der Waals surface area contributed by atoms with E-state index < -0.39 is 0 Å². The van der Waals surface area contributed by atoms with Crippen molar-refractivity contribution >= 4 is 34.8 Å². The maximum Gasteiger partial charge on any atom is 0.257 e. The Morgan fingerprint density at radius 2 is 1.68 bits per heavy atom. The van der Waals surface area contributed by atoms with Gasteiger partial charge in [-0.15, -0.1) is 0 Å². The zero-order valence-corrected chi connectivity index (χ0v) is 15.0. The fourth-order valence-corrected chi connectivity index (χ4v) is 2.29. The Morgan fingerprint density at radius 1 is 1.04 bits per heavy atom. The van der Waals surface area contributed by atoms with Crippen molar-refractivity contribution in [2.45, 2.75) is 0 Å². The van der Waals surface area contributed by atoms with Crippen LogP contribution in [0.25, 0.3) is 0 Å². The second kappa shape index (κ2) is 8.25. The van der Waals surface area contributed by atoms with Crippen molar-refractivity contribution in [3.8, 4) is 5.75 Å². The van der Waals surface area contributed by atoms with Gasteiger partial charge in [0.15, 0.2) is 5.11 Å². The van der Waals surface area contributed by atoms with E-state index in [1.54, 1.807) is 69.7 Å². The third kappa shape index (κ3) is 4.77. The number of nitrogens with zero attached hydrogens (tertiary/aromatic N) is 1. The van der Waals surface area contributed by atoms with Gasteiger partial charge < -0.3 is 15.0 Å². The van der Waals surface area contributed by atoms with Gasteiger partial charge in [-0.1, -0.05) is 12.1 Å². The van der Waals surface area contributed by atoms with Crippen molar-refractivity contribution in [3.63, 3.8) is 0 Å². The monoisotopic (exact) mass is 357 g/mol. The number of methoxy groups -OCH3 is 1. The second-order valence-electron chi connectivity index (χ2n) is 5.38. The zero-order valence-electron chi connectivity index (χ0n) is 14.2.